The Labute approximate surface area is 138 Å². The number of fused-ring (bicyclic) bond motifs is 1. The van der Waals surface area contributed by atoms with Gasteiger partial charge < -0.3 is 19.2 Å². The minimum atomic E-state index is -0.221. The van der Waals surface area contributed by atoms with Crippen LogP contribution in [-0.2, 0) is 11.3 Å². The van der Waals surface area contributed by atoms with Gasteiger partial charge in [-0.15, -0.1) is 0 Å². The number of H-pyrrole nitrogens is 1. The molecule has 1 aliphatic heterocycles. The molecule has 0 unspecified atom stereocenters. The lowest BCUT2D eigenvalue weighted by Crippen LogP contribution is -2.16. The molecular weight excluding hydrogens is 411 g/mol. The van der Waals surface area contributed by atoms with E-state index in [1.54, 1.807) is 19.2 Å². The highest BCUT2D eigenvalue weighted by atomic mass is 127. The predicted octanol–water partition coefficient (Wildman–Crippen LogP) is 2.57. The van der Waals surface area contributed by atoms with Crippen LogP contribution in [0.5, 0.6) is 11.5 Å². The Morgan fingerprint density at radius 1 is 1.48 bits per heavy atom. The highest BCUT2D eigenvalue weighted by molar-refractivity contribution is 14.1. The smallest absolute Gasteiger partial charge is 0.264 e. The molecule has 0 amide bonds. The molecule has 0 saturated carbocycles. The average Bonchev–Trinajstić information content (AvgIpc) is 2.92. The molecule has 1 N–H and O–H groups in total. The van der Waals surface area contributed by atoms with Crippen molar-refractivity contribution in [1.29, 1.82) is 0 Å². The van der Waals surface area contributed by atoms with E-state index in [0.717, 1.165) is 0 Å². The van der Waals surface area contributed by atoms with Crippen LogP contribution in [0.15, 0.2) is 16.9 Å². The molecule has 110 valence electrons. The lowest BCUT2D eigenvalue weighted by atomic mass is 10.2. The second kappa shape index (κ2) is 5.82. The third-order valence-corrected chi connectivity index (χ3v) is 4.31. The summed E-state index contributed by atoms with van der Waals surface area (Å²) in [5, 5.41) is 0.412. The molecule has 0 saturated heterocycles. The van der Waals surface area contributed by atoms with Crippen LogP contribution < -0.4 is 15.0 Å². The summed E-state index contributed by atoms with van der Waals surface area (Å²) in [4.78, 5) is 19.1. The molecule has 2 heterocycles. The first-order valence-corrected chi connectivity index (χ1v) is 7.43. The molecule has 0 spiro atoms. The molecule has 1 aromatic heterocycles. The Morgan fingerprint density at radius 3 is 3.05 bits per heavy atom. The first kappa shape index (κ1) is 14.6. The van der Waals surface area contributed by atoms with Crippen molar-refractivity contribution < 1.29 is 14.2 Å². The van der Waals surface area contributed by atoms with E-state index in [9.17, 15) is 4.79 Å². The number of nitrogens with zero attached hydrogens (tertiary/aromatic N) is 1. The van der Waals surface area contributed by atoms with E-state index in [2.05, 4.69) is 9.97 Å². The van der Waals surface area contributed by atoms with Gasteiger partial charge >= 0.3 is 0 Å². The number of ether oxygens (including phenoxy) is 3. The molecule has 6 nitrogen and oxygen atoms in total. The van der Waals surface area contributed by atoms with Crippen LogP contribution in [-0.4, -0.2) is 23.9 Å². The molecule has 3 rings (SSSR count). The first-order valence-electron chi connectivity index (χ1n) is 5.97. The SMILES string of the molecule is COCc1nc(-c2cc(Cl)c3c(c2)OCO3)[nH]c(=O)c1I. The van der Waals surface area contributed by atoms with E-state index in [-0.39, 0.29) is 19.0 Å². The third kappa shape index (κ3) is 2.72. The molecular formula is C13H10ClIN2O4. The lowest BCUT2D eigenvalue weighted by molar-refractivity contribution is 0.174. The van der Waals surface area contributed by atoms with Crippen LogP contribution in [0.3, 0.4) is 0 Å². The molecule has 21 heavy (non-hydrogen) atoms. The highest BCUT2D eigenvalue weighted by Crippen LogP contribution is 2.41. The molecule has 2 aromatic rings. The van der Waals surface area contributed by atoms with Crippen LogP contribution in [0.2, 0.25) is 5.02 Å². The third-order valence-electron chi connectivity index (χ3n) is 2.91. The summed E-state index contributed by atoms with van der Waals surface area (Å²) in [6.45, 7) is 0.386. The lowest BCUT2D eigenvalue weighted by Gasteiger charge is -2.08. The quantitative estimate of drug-likeness (QED) is 0.773. The van der Waals surface area contributed by atoms with E-state index in [1.165, 1.54) is 0 Å². The summed E-state index contributed by atoms with van der Waals surface area (Å²) < 4.78 is 16.1. The molecule has 8 heteroatoms. The molecule has 0 fully saturated rings. The number of nitrogens with one attached hydrogen (secondary N) is 1. The number of methoxy groups -OCH3 is 1. The summed E-state index contributed by atoms with van der Waals surface area (Å²) >= 11 is 8.09. The highest BCUT2D eigenvalue weighted by Gasteiger charge is 2.20. The number of halogens is 2. The second-order valence-corrected chi connectivity index (χ2v) is 5.79. The van der Waals surface area contributed by atoms with Gasteiger partial charge in [0.15, 0.2) is 11.5 Å². The molecule has 0 bridgehead atoms. The summed E-state index contributed by atoms with van der Waals surface area (Å²) in [5.74, 6) is 1.45. The summed E-state index contributed by atoms with van der Waals surface area (Å²) in [5.41, 5.74) is 1.00. The van der Waals surface area contributed by atoms with Gasteiger partial charge in [-0.2, -0.15) is 0 Å². The van der Waals surface area contributed by atoms with Gasteiger partial charge in [-0.1, -0.05) is 11.6 Å². The van der Waals surface area contributed by atoms with Crippen molar-refractivity contribution in [3.63, 3.8) is 0 Å². The Bertz CT molecular complexity index is 763. The van der Waals surface area contributed by atoms with Crippen LogP contribution in [0.1, 0.15) is 5.69 Å². The van der Waals surface area contributed by atoms with Gasteiger partial charge in [-0.05, 0) is 34.7 Å². The number of benzene rings is 1. The average molecular weight is 421 g/mol. The summed E-state index contributed by atoms with van der Waals surface area (Å²) in [6.07, 6.45) is 0. The van der Waals surface area contributed by atoms with Crippen molar-refractivity contribution in [2.45, 2.75) is 6.61 Å². The molecule has 0 radical (unpaired) electrons. The Hall–Kier alpha value is -1.32. The van der Waals surface area contributed by atoms with Crippen molar-refractivity contribution in [3.05, 3.63) is 36.8 Å². The standard InChI is InChI=1S/C13H10ClIN2O4/c1-19-4-8-10(15)13(18)17-12(16-8)6-2-7(14)11-9(3-6)20-5-21-11/h2-3H,4-5H2,1H3,(H,16,17,18). The van der Waals surface area contributed by atoms with Gasteiger partial charge in [0.1, 0.15) is 9.39 Å². The zero-order valence-corrected chi connectivity index (χ0v) is 13.8. The van der Waals surface area contributed by atoms with Crippen LogP contribution in [0.25, 0.3) is 11.4 Å². The van der Waals surface area contributed by atoms with Crippen LogP contribution >= 0.6 is 34.2 Å². The van der Waals surface area contributed by atoms with E-state index in [1.807, 2.05) is 22.6 Å². The number of rotatable bonds is 3. The van der Waals surface area contributed by atoms with E-state index in [4.69, 9.17) is 25.8 Å². The minimum absolute atomic E-state index is 0.129. The van der Waals surface area contributed by atoms with E-state index >= 15 is 0 Å². The maximum atomic E-state index is 12.0. The monoisotopic (exact) mass is 420 g/mol. The van der Waals surface area contributed by atoms with Crippen molar-refractivity contribution in [2.75, 3.05) is 13.9 Å². The van der Waals surface area contributed by atoms with Gasteiger partial charge in [0.25, 0.3) is 5.56 Å². The number of aromatic amines is 1. The van der Waals surface area contributed by atoms with Crippen molar-refractivity contribution in [1.82, 2.24) is 9.97 Å². The molecule has 0 atom stereocenters. The van der Waals surface area contributed by atoms with Gasteiger partial charge in [-0.25, -0.2) is 4.98 Å². The fourth-order valence-electron chi connectivity index (χ4n) is 1.98. The number of aromatic nitrogens is 2. The normalized spacial score (nSPS) is 12.7. The van der Waals surface area contributed by atoms with Gasteiger partial charge in [0.2, 0.25) is 6.79 Å². The van der Waals surface area contributed by atoms with Crippen molar-refractivity contribution in [2.24, 2.45) is 0 Å². The van der Waals surface area contributed by atoms with Gasteiger partial charge in [0.05, 0.1) is 17.3 Å². The number of hydrogen-bond acceptors (Lipinski definition) is 5. The molecule has 1 aromatic carbocycles. The maximum absolute atomic E-state index is 12.0. The Morgan fingerprint density at radius 2 is 2.29 bits per heavy atom. The van der Waals surface area contributed by atoms with Crippen LogP contribution in [0, 0.1) is 3.57 Å². The van der Waals surface area contributed by atoms with E-state index in [0.29, 0.717) is 37.2 Å². The maximum Gasteiger partial charge on any atom is 0.264 e. The van der Waals surface area contributed by atoms with Crippen LogP contribution in [0.4, 0.5) is 0 Å². The van der Waals surface area contributed by atoms with Crippen molar-refractivity contribution in [3.8, 4) is 22.9 Å². The fourth-order valence-corrected chi connectivity index (χ4v) is 2.66. The number of hydrogen-bond donors (Lipinski definition) is 1. The Kier molecular flexibility index (Phi) is 4.05. The second-order valence-electron chi connectivity index (χ2n) is 4.30. The largest absolute Gasteiger partial charge is 0.454 e. The minimum Gasteiger partial charge on any atom is -0.454 e. The Balaban J connectivity index is 2.13. The van der Waals surface area contributed by atoms with Gasteiger partial charge in [-0.3, -0.25) is 4.79 Å². The summed E-state index contributed by atoms with van der Waals surface area (Å²) in [7, 11) is 1.55. The van der Waals surface area contributed by atoms with Crippen molar-refractivity contribution >= 4 is 34.2 Å². The van der Waals surface area contributed by atoms with Gasteiger partial charge in [0, 0.05) is 12.7 Å². The van der Waals surface area contributed by atoms with E-state index < -0.39 is 0 Å². The zero-order valence-electron chi connectivity index (χ0n) is 10.9. The zero-order chi connectivity index (χ0) is 15.0. The first-order chi connectivity index (χ1) is 10.1. The molecule has 0 aliphatic carbocycles. The molecule has 1 aliphatic rings. The topological polar surface area (TPSA) is 73.4 Å². The fraction of sp³-hybridized carbons (Fsp3) is 0.231. The predicted molar refractivity (Wildman–Crippen MR) is 84.9 cm³/mol. The summed E-state index contributed by atoms with van der Waals surface area (Å²) in [6, 6.07) is 3.41.